The number of aryl methyl sites for hydroxylation is 3. The van der Waals surface area contributed by atoms with Crippen LogP contribution in [0.4, 0.5) is 5.69 Å². The predicted octanol–water partition coefficient (Wildman–Crippen LogP) is 3.46. The van der Waals surface area contributed by atoms with E-state index in [0.717, 1.165) is 41.1 Å². The van der Waals surface area contributed by atoms with Crippen molar-refractivity contribution in [3.63, 3.8) is 0 Å². The van der Waals surface area contributed by atoms with Gasteiger partial charge in [-0.15, -0.1) is 0 Å². The van der Waals surface area contributed by atoms with Crippen molar-refractivity contribution in [3.05, 3.63) is 45.7 Å². The maximum Gasteiger partial charge on any atom is 0.335 e. The quantitative estimate of drug-likeness (QED) is 0.782. The van der Waals surface area contributed by atoms with E-state index >= 15 is 0 Å². The molecule has 2 N–H and O–H groups in total. The monoisotopic (exact) mass is 351 g/mol. The van der Waals surface area contributed by atoms with Gasteiger partial charge >= 0.3 is 5.97 Å². The number of nitrogens with one attached hydrogen (secondary N) is 1. The van der Waals surface area contributed by atoms with Crippen LogP contribution in [0.5, 0.6) is 0 Å². The average Bonchev–Trinajstić information content (AvgIpc) is 2.72. The molecule has 112 valence electrons. The van der Waals surface area contributed by atoms with Gasteiger partial charge in [-0.05, 0) is 44.5 Å². The summed E-state index contributed by atoms with van der Waals surface area (Å²) in [5.74, 6) is -0.929. The topological polar surface area (TPSA) is 67.2 Å². The number of halogens is 1. The third-order valence-corrected chi connectivity index (χ3v) is 3.58. The van der Waals surface area contributed by atoms with E-state index in [2.05, 4.69) is 32.4 Å². The van der Waals surface area contributed by atoms with Crippen molar-refractivity contribution in [3.8, 4) is 0 Å². The number of nitrogens with zero attached hydrogens (tertiary/aromatic N) is 2. The minimum absolute atomic E-state index is 0.269. The number of aromatic carboxylic acids is 1. The van der Waals surface area contributed by atoms with Gasteiger partial charge in [-0.25, -0.2) is 4.79 Å². The molecule has 0 aliphatic rings. The van der Waals surface area contributed by atoms with E-state index in [4.69, 9.17) is 5.11 Å². The van der Waals surface area contributed by atoms with Crippen LogP contribution in [0, 0.1) is 13.8 Å². The van der Waals surface area contributed by atoms with E-state index in [1.807, 2.05) is 24.6 Å². The number of anilines is 1. The Kier molecular flexibility index (Phi) is 5.01. The van der Waals surface area contributed by atoms with Gasteiger partial charge in [0.15, 0.2) is 0 Å². The van der Waals surface area contributed by atoms with Gasteiger partial charge in [0, 0.05) is 28.9 Å². The first-order valence-corrected chi connectivity index (χ1v) is 7.54. The lowest BCUT2D eigenvalue weighted by Crippen LogP contribution is -2.09. The summed E-state index contributed by atoms with van der Waals surface area (Å²) in [6.07, 6.45) is 0.914. The number of hydrogen-bond acceptors (Lipinski definition) is 3. The molecule has 0 amide bonds. The third-order valence-electron chi connectivity index (χ3n) is 3.12. The van der Waals surface area contributed by atoms with Gasteiger partial charge < -0.3 is 10.4 Å². The van der Waals surface area contributed by atoms with Crippen LogP contribution in [0.2, 0.25) is 0 Å². The van der Waals surface area contributed by atoms with E-state index in [1.54, 1.807) is 12.1 Å². The molecule has 0 unspecified atom stereocenters. The van der Waals surface area contributed by atoms with Crippen LogP contribution in [0.25, 0.3) is 0 Å². The van der Waals surface area contributed by atoms with Crippen molar-refractivity contribution >= 4 is 27.6 Å². The molecule has 0 saturated heterocycles. The Morgan fingerprint density at radius 3 is 2.71 bits per heavy atom. The summed E-state index contributed by atoms with van der Waals surface area (Å²) in [6, 6.07) is 7.15. The summed E-state index contributed by atoms with van der Waals surface area (Å²) in [4.78, 5) is 11.0. The fourth-order valence-corrected chi connectivity index (χ4v) is 2.67. The lowest BCUT2D eigenvalue weighted by atomic mass is 10.2. The molecule has 0 bridgehead atoms. The molecular formula is C15H18BrN3O2. The second-order valence-corrected chi connectivity index (χ2v) is 5.88. The fraction of sp³-hybridized carbons (Fsp3) is 0.333. The zero-order valence-corrected chi connectivity index (χ0v) is 13.6. The minimum Gasteiger partial charge on any atom is -0.478 e. The first-order chi connectivity index (χ1) is 9.95. The number of aromatic nitrogens is 2. The van der Waals surface area contributed by atoms with Crippen molar-refractivity contribution in [1.29, 1.82) is 0 Å². The summed E-state index contributed by atoms with van der Waals surface area (Å²) in [5.41, 5.74) is 3.25. The highest BCUT2D eigenvalue weighted by Crippen LogP contribution is 2.19. The molecule has 2 aromatic rings. The Hall–Kier alpha value is -1.82. The number of carbonyl (C=O) groups is 1. The van der Waals surface area contributed by atoms with E-state index in [9.17, 15) is 4.79 Å². The molecule has 1 aromatic carbocycles. The smallest absolute Gasteiger partial charge is 0.335 e. The summed E-state index contributed by atoms with van der Waals surface area (Å²) in [7, 11) is 0. The van der Waals surface area contributed by atoms with E-state index in [1.165, 1.54) is 0 Å². The van der Waals surface area contributed by atoms with Crippen molar-refractivity contribution in [2.45, 2.75) is 26.8 Å². The highest BCUT2D eigenvalue weighted by molar-refractivity contribution is 9.10. The highest BCUT2D eigenvalue weighted by Gasteiger charge is 2.06. The van der Waals surface area contributed by atoms with Crippen molar-refractivity contribution in [1.82, 2.24) is 9.78 Å². The molecule has 1 aromatic heterocycles. The Labute approximate surface area is 132 Å². The third kappa shape index (κ3) is 4.32. The maximum absolute atomic E-state index is 11.0. The molecule has 0 fully saturated rings. The van der Waals surface area contributed by atoms with Crippen LogP contribution in [-0.2, 0) is 6.54 Å². The Bertz CT molecular complexity index is 652. The first kappa shape index (κ1) is 15.6. The van der Waals surface area contributed by atoms with Gasteiger partial charge in [0.25, 0.3) is 0 Å². The average molecular weight is 352 g/mol. The summed E-state index contributed by atoms with van der Waals surface area (Å²) < 4.78 is 2.74. The van der Waals surface area contributed by atoms with Gasteiger partial charge in [0.2, 0.25) is 0 Å². The largest absolute Gasteiger partial charge is 0.478 e. The number of benzene rings is 1. The van der Waals surface area contributed by atoms with Crippen LogP contribution in [-0.4, -0.2) is 27.4 Å². The molecule has 0 aliphatic heterocycles. The standard InChI is InChI=1S/C15H18BrN3O2/c1-10-6-11(2)19(18-10)5-3-4-17-14-8-12(15(20)21)7-13(16)9-14/h6-9,17H,3-5H2,1-2H3,(H,20,21). The van der Waals surface area contributed by atoms with Crippen molar-refractivity contribution in [2.24, 2.45) is 0 Å². The molecule has 2 rings (SSSR count). The van der Waals surface area contributed by atoms with Gasteiger partial charge in [0.1, 0.15) is 0 Å². The zero-order valence-electron chi connectivity index (χ0n) is 12.1. The number of carboxylic acids is 1. The van der Waals surface area contributed by atoms with Gasteiger partial charge in [0.05, 0.1) is 11.3 Å². The molecule has 1 heterocycles. The lowest BCUT2D eigenvalue weighted by molar-refractivity contribution is 0.0697. The normalized spacial score (nSPS) is 10.6. The molecule has 0 spiro atoms. The first-order valence-electron chi connectivity index (χ1n) is 6.74. The number of rotatable bonds is 6. The Morgan fingerprint density at radius 2 is 2.10 bits per heavy atom. The van der Waals surface area contributed by atoms with E-state index in [0.29, 0.717) is 0 Å². The van der Waals surface area contributed by atoms with Crippen LogP contribution >= 0.6 is 15.9 Å². The summed E-state index contributed by atoms with van der Waals surface area (Å²) in [5, 5.41) is 16.7. The van der Waals surface area contributed by atoms with Gasteiger partial charge in [-0.3, -0.25) is 4.68 Å². The number of hydrogen-bond donors (Lipinski definition) is 2. The summed E-state index contributed by atoms with van der Waals surface area (Å²) >= 11 is 3.32. The fourth-order valence-electron chi connectivity index (χ4n) is 2.18. The summed E-state index contributed by atoms with van der Waals surface area (Å²) in [6.45, 7) is 5.62. The van der Waals surface area contributed by atoms with E-state index < -0.39 is 5.97 Å². The molecular weight excluding hydrogens is 334 g/mol. The van der Waals surface area contributed by atoms with Crippen LogP contribution < -0.4 is 5.32 Å². The van der Waals surface area contributed by atoms with Crippen molar-refractivity contribution in [2.75, 3.05) is 11.9 Å². The lowest BCUT2D eigenvalue weighted by Gasteiger charge is -2.09. The van der Waals surface area contributed by atoms with Crippen LogP contribution in [0.1, 0.15) is 28.2 Å². The molecule has 21 heavy (non-hydrogen) atoms. The molecule has 0 atom stereocenters. The number of carboxylic acid groups (broad SMARTS) is 1. The van der Waals surface area contributed by atoms with Gasteiger partial charge in [-0.1, -0.05) is 15.9 Å². The molecule has 0 radical (unpaired) electrons. The Morgan fingerprint density at radius 1 is 1.33 bits per heavy atom. The van der Waals surface area contributed by atoms with Crippen LogP contribution in [0.15, 0.2) is 28.7 Å². The minimum atomic E-state index is -0.929. The van der Waals surface area contributed by atoms with Crippen molar-refractivity contribution < 1.29 is 9.90 Å². The Balaban J connectivity index is 1.89. The molecule has 6 heteroatoms. The van der Waals surface area contributed by atoms with E-state index in [-0.39, 0.29) is 5.56 Å². The second-order valence-electron chi connectivity index (χ2n) is 4.96. The molecule has 0 saturated carbocycles. The SMILES string of the molecule is Cc1cc(C)n(CCCNc2cc(Br)cc(C(=O)O)c2)n1. The zero-order chi connectivity index (χ0) is 15.4. The highest BCUT2D eigenvalue weighted by atomic mass is 79.9. The predicted molar refractivity (Wildman–Crippen MR) is 85.9 cm³/mol. The molecule has 0 aliphatic carbocycles. The molecule has 5 nitrogen and oxygen atoms in total. The maximum atomic E-state index is 11.0. The second kappa shape index (κ2) is 6.76. The van der Waals surface area contributed by atoms with Gasteiger partial charge in [-0.2, -0.15) is 5.10 Å². The van der Waals surface area contributed by atoms with Crippen LogP contribution in [0.3, 0.4) is 0 Å².